The molecule has 0 radical (unpaired) electrons. The summed E-state index contributed by atoms with van der Waals surface area (Å²) in [6.07, 6.45) is -2.99. The van der Waals surface area contributed by atoms with Gasteiger partial charge >= 0.3 is 6.18 Å². The number of fused-ring (bicyclic) bond motifs is 1. The Kier molecular flexibility index (Phi) is 5.48. The summed E-state index contributed by atoms with van der Waals surface area (Å²) in [5.74, 6) is -1.19. The highest BCUT2D eigenvalue weighted by Crippen LogP contribution is 2.29. The average Bonchev–Trinajstić information content (AvgIpc) is 2.76. The van der Waals surface area contributed by atoms with Crippen LogP contribution in [0.25, 0.3) is 11.0 Å². The molecule has 162 valence electrons. The zero-order valence-corrected chi connectivity index (χ0v) is 16.4. The molecule has 0 saturated carbocycles. The van der Waals surface area contributed by atoms with Gasteiger partial charge in [-0.25, -0.2) is 9.37 Å². The van der Waals surface area contributed by atoms with Gasteiger partial charge in [-0.2, -0.15) is 13.2 Å². The maximum atomic E-state index is 13.2. The molecule has 0 bridgehead atoms. The Morgan fingerprint density at radius 1 is 1.00 bits per heavy atom. The zero-order valence-electron chi connectivity index (χ0n) is 16.4. The van der Waals surface area contributed by atoms with E-state index in [1.54, 1.807) is 12.1 Å². The van der Waals surface area contributed by atoms with Crippen LogP contribution in [0.5, 0.6) is 0 Å². The molecule has 9 heteroatoms. The van der Waals surface area contributed by atoms with Gasteiger partial charge < -0.3 is 5.32 Å². The topological polar surface area (TPSA) is 64.0 Å². The van der Waals surface area contributed by atoms with E-state index in [1.807, 2.05) is 0 Å². The van der Waals surface area contributed by atoms with Crippen molar-refractivity contribution in [3.05, 3.63) is 106 Å². The predicted octanol–water partition coefficient (Wildman–Crippen LogP) is 4.86. The Bertz CT molecular complexity index is 1350. The minimum atomic E-state index is -4.50. The lowest BCUT2D eigenvalue weighted by Crippen LogP contribution is -2.30. The van der Waals surface area contributed by atoms with Crippen LogP contribution >= 0.6 is 0 Å². The Morgan fingerprint density at radius 3 is 2.34 bits per heavy atom. The number of anilines is 1. The highest BCUT2D eigenvalue weighted by atomic mass is 19.4. The van der Waals surface area contributed by atoms with Gasteiger partial charge in [0.05, 0.1) is 12.1 Å². The van der Waals surface area contributed by atoms with E-state index in [9.17, 15) is 27.2 Å². The SMILES string of the molecule is O=C(Nc1ccc(C(F)(F)F)cc1)c1cc2cccnc2n(Cc2ccc(F)cc2)c1=O. The van der Waals surface area contributed by atoms with Gasteiger partial charge in [-0.05, 0) is 60.2 Å². The number of benzene rings is 2. The van der Waals surface area contributed by atoms with Crippen molar-refractivity contribution < 1.29 is 22.4 Å². The number of nitrogens with zero attached hydrogens (tertiary/aromatic N) is 2. The van der Waals surface area contributed by atoms with Gasteiger partial charge in [-0.15, -0.1) is 0 Å². The maximum absolute atomic E-state index is 13.2. The highest BCUT2D eigenvalue weighted by molar-refractivity contribution is 6.05. The summed E-state index contributed by atoms with van der Waals surface area (Å²) in [6.45, 7) is 0.0496. The third-order valence-corrected chi connectivity index (χ3v) is 4.82. The quantitative estimate of drug-likeness (QED) is 0.461. The molecule has 0 unspecified atom stereocenters. The van der Waals surface area contributed by atoms with Crippen LogP contribution in [0.4, 0.5) is 23.2 Å². The third kappa shape index (κ3) is 4.36. The fourth-order valence-corrected chi connectivity index (χ4v) is 3.23. The minimum absolute atomic E-state index is 0.0496. The lowest BCUT2D eigenvalue weighted by atomic mass is 10.1. The summed E-state index contributed by atoms with van der Waals surface area (Å²) in [6, 6.07) is 14.2. The van der Waals surface area contributed by atoms with Crippen LogP contribution in [-0.4, -0.2) is 15.5 Å². The van der Waals surface area contributed by atoms with Crippen LogP contribution in [0.2, 0.25) is 0 Å². The number of hydrogen-bond acceptors (Lipinski definition) is 3. The van der Waals surface area contributed by atoms with Crippen molar-refractivity contribution in [2.24, 2.45) is 0 Å². The monoisotopic (exact) mass is 441 g/mol. The average molecular weight is 441 g/mol. The first kappa shape index (κ1) is 21.2. The summed E-state index contributed by atoms with van der Waals surface area (Å²) in [4.78, 5) is 30.1. The molecule has 0 fully saturated rings. The second-order valence-electron chi connectivity index (χ2n) is 7.02. The number of carbonyl (C=O) groups excluding carboxylic acids is 1. The molecule has 4 rings (SSSR count). The van der Waals surface area contributed by atoms with Crippen molar-refractivity contribution in [2.75, 3.05) is 5.32 Å². The van der Waals surface area contributed by atoms with Gasteiger partial charge in [0.1, 0.15) is 17.0 Å². The fraction of sp³-hybridized carbons (Fsp3) is 0.0870. The number of alkyl halides is 3. The fourth-order valence-electron chi connectivity index (χ4n) is 3.23. The number of halogens is 4. The number of rotatable bonds is 4. The van der Waals surface area contributed by atoms with Crippen LogP contribution in [0, 0.1) is 5.82 Å². The first-order valence-corrected chi connectivity index (χ1v) is 9.44. The normalized spacial score (nSPS) is 11.5. The van der Waals surface area contributed by atoms with Gasteiger partial charge in [0.25, 0.3) is 11.5 Å². The summed E-state index contributed by atoms with van der Waals surface area (Å²) in [5, 5.41) is 2.97. The number of aromatic nitrogens is 2. The molecule has 0 atom stereocenters. The number of hydrogen-bond donors (Lipinski definition) is 1. The third-order valence-electron chi connectivity index (χ3n) is 4.82. The molecule has 5 nitrogen and oxygen atoms in total. The molecule has 0 aliphatic rings. The van der Waals surface area contributed by atoms with E-state index < -0.39 is 29.0 Å². The highest BCUT2D eigenvalue weighted by Gasteiger charge is 2.30. The van der Waals surface area contributed by atoms with Gasteiger partial charge in [0, 0.05) is 17.3 Å². The molecule has 0 spiro atoms. The summed E-state index contributed by atoms with van der Waals surface area (Å²) < 4.78 is 52.7. The molecule has 0 aliphatic heterocycles. The zero-order chi connectivity index (χ0) is 22.9. The number of carbonyl (C=O) groups is 1. The van der Waals surface area contributed by atoms with E-state index in [4.69, 9.17) is 0 Å². The number of nitrogens with one attached hydrogen (secondary N) is 1. The Balaban J connectivity index is 1.71. The van der Waals surface area contributed by atoms with Crippen molar-refractivity contribution in [3.63, 3.8) is 0 Å². The molecular formula is C23H15F4N3O2. The standard InChI is InChI=1S/C23H15F4N3O2/c24-17-7-3-14(4-8-17)13-30-20-15(2-1-11-28-20)12-19(22(30)32)21(31)29-18-9-5-16(6-10-18)23(25,26)27/h1-12H,13H2,(H,29,31). The smallest absolute Gasteiger partial charge is 0.322 e. The Labute approximate surface area is 179 Å². The Morgan fingerprint density at radius 2 is 1.69 bits per heavy atom. The molecule has 1 N–H and O–H groups in total. The van der Waals surface area contributed by atoms with E-state index in [0.29, 0.717) is 16.6 Å². The van der Waals surface area contributed by atoms with Gasteiger partial charge in [0.15, 0.2) is 0 Å². The number of amides is 1. The largest absolute Gasteiger partial charge is 0.416 e. The molecule has 0 aliphatic carbocycles. The second-order valence-corrected chi connectivity index (χ2v) is 7.02. The van der Waals surface area contributed by atoms with Crippen molar-refractivity contribution in [2.45, 2.75) is 12.7 Å². The van der Waals surface area contributed by atoms with Crippen LogP contribution in [-0.2, 0) is 12.7 Å². The van der Waals surface area contributed by atoms with Crippen molar-refractivity contribution in [1.82, 2.24) is 9.55 Å². The van der Waals surface area contributed by atoms with Crippen molar-refractivity contribution in [1.29, 1.82) is 0 Å². The first-order valence-electron chi connectivity index (χ1n) is 9.44. The molecule has 4 aromatic rings. The molecule has 0 saturated heterocycles. The molecule has 2 heterocycles. The summed E-state index contributed by atoms with van der Waals surface area (Å²) in [7, 11) is 0. The molecule has 1 amide bonds. The molecular weight excluding hydrogens is 426 g/mol. The first-order chi connectivity index (χ1) is 15.2. The molecule has 2 aromatic carbocycles. The lowest BCUT2D eigenvalue weighted by Gasteiger charge is -2.13. The predicted molar refractivity (Wildman–Crippen MR) is 111 cm³/mol. The Hall–Kier alpha value is -4.01. The van der Waals surface area contributed by atoms with E-state index >= 15 is 0 Å². The van der Waals surface area contributed by atoms with Crippen LogP contribution in [0.3, 0.4) is 0 Å². The van der Waals surface area contributed by atoms with Crippen LogP contribution in [0.1, 0.15) is 21.5 Å². The van der Waals surface area contributed by atoms with E-state index in [2.05, 4.69) is 10.3 Å². The van der Waals surface area contributed by atoms with E-state index in [0.717, 1.165) is 24.3 Å². The van der Waals surface area contributed by atoms with Crippen LogP contribution in [0.15, 0.2) is 77.7 Å². The van der Waals surface area contributed by atoms with Crippen molar-refractivity contribution in [3.8, 4) is 0 Å². The maximum Gasteiger partial charge on any atom is 0.416 e. The molecule has 2 aromatic heterocycles. The van der Waals surface area contributed by atoms with Crippen molar-refractivity contribution >= 4 is 22.6 Å². The molecule has 32 heavy (non-hydrogen) atoms. The number of pyridine rings is 2. The lowest BCUT2D eigenvalue weighted by molar-refractivity contribution is -0.137. The van der Waals surface area contributed by atoms with Crippen LogP contribution < -0.4 is 10.9 Å². The minimum Gasteiger partial charge on any atom is -0.322 e. The van der Waals surface area contributed by atoms with E-state index in [1.165, 1.54) is 41.1 Å². The summed E-state index contributed by atoms with van der Waals surface area (Å²) in [5.41, 5.74) is -0.612. The van der Waals surface area contributed by atoms with Gasteiger partial charge in [0.2, 0.25) is 0 Å². The van der Waals surface area contributed by atoms with E-state index in [-0.39, 0.29) is 17.8 Å². The second kappa shape index (κ2) is 8.26. The summed E-state index contributed by atoms with van der Waals surface area (Å²) >= 11 is 0. The van der Waals surface area contributed by atoms with Gasteiger partial charge in [-0.3, -0.25) is 14.2 Å². The van der Waals surface area contributed by atoms with Gasteiger partial charge in [-0.1, -0.05) is 12.1 Å².